The Hall–Kier alpha value is -6.24. The summed E-state index contributed by atoms with van der Waals surface area (Å²) < 4.78 is 10.5. The molecule has 13 heteroatoms. The first-order chi connectivity index (χ1) is 28.3. The molecule has 0 unspecified atom stereocenters. The molecule has 0 saturated carbocycles. The lowest BCUT2D eigenvalue weighted by molar-refractivity contribution is -0.143. The molecule has 0 aliphatic carbocycles. The summed E-state index contributed by atoms with van der Waals surface area (Å²) in [5.41, 5.74) is 7.14. The number of imidazole rings is 2. The van der Waals surface area contributed by atoms with Crippen molar-refractivity contribution in [3.05, 3.63) is 143 Å². The highest BCUT2D eigenvalue weighted by molar-refractivity contribution is 6.31. The molecule has 0 bridgehead atoms. The van der Waals surface area contributed by atoms with E-state index in [0.29, 0.717) is 29.5 Å². The molecule has 4 atom stereocenters. The molecule has 2 fully saturated rings. The number of H-pyrrole nitrogens is 2. The van der Waals surface area contributed by atoms with Crippen molar-refractivity contribution in [2.24, 2.45) is 0 Å². The molecular formula is C45H44ClN7O5. The molecule has 4 aromatic carbocycles. The van der Waals surface area contributed by atoms with Gasteiger partial charge in [0, 0.05) is 30.8 Å². The second-order valence-electron chi connectivity index (χ2n) is 14.5. The van der Waals surface area contributed by atoms with Gasteiger partial charge in [0.05, 0.1) is 43.0 Å². The number of carbonyl (C=O) groups excluding carboxylic acids is 3. The summed E-state index contributed by atoms with van der Waals surface area (Å²) in [5.74, 6) is 1.11. The Morgan fingerprint density at radius 1 is 0.690 bits per heavy atom. The molecular weight excluding hydrogens is 754 g/mol. The third-order valence-corrected chi connectivity index (χ3v) is 11.4. The zero-order valence-electron chi connectivity index (χ0n) is 32.2. The smallest absolute Gasteiger partial charge is 0.407 e. The van der Waals surface area contributed by atoms with Gasteiger partial charge in [0.15, 0.2) is 6.10 Å². The molecule has 0 radical (unpaired) electrons. The van der Waals surface area contributed by atoms with Crippen LogP contribution in [0.1, 0.15) is 72.7 Å². The second kappa shape index (κ2) is 17.1. The number of alkyl carbamates (subject to hydrolysis) is 1. The van der Waals surface area contributed by atoms with Crippen LogP contribution in [0, 0.1) is 0 Å². The number of likely N-dealkylation sites (tertiary alicyclic amines) is 2. The molecule has 8 rings (SSSR count). The quantitative estimate of drug-likeness (QED) is 0.119. The molecule has 4 heterocycles. The summed E-state index contributed by atoms with van der Waals surface area (Å²) in [6, 6.07) is 31.7. The van der Waals surface area contributed by atoms with Crippen LogP contribution in [0.15, 0.2) is 116 Å². The number of hydrogen-bond acceptors (Lipinski definition) is 7. The summed E-state index contributed by atoms with van der Waals surface area (Å²) in [4.78, 5) is 59.9. The lowest BCUT2D eigenvalue weighted by Gasteiger charge is -2.28. The zero-order valence-corrected chi connectivity index (χ0v) is 33.0. The first-order valence-electron chi connectivity index (χ1n) is 19.4. The molecule has 0 spiro atoms. The molecule has 3 amide bonds. The van der Waals surface area contributed by atoms with Gasteiger partial charge in [0.1, 0.15) is 17.7 Å². The Morgan fingerprint density at radius 3 is 1.71 bits per heavy atom. The van der Waals surface area contributed by atoms with Crippen molar-refractivity contribution in [2.75, 3.05) is 27.3 Å². The number of amides is 3. The van der Waals surface area contributed by atoms with Crippen molar-refractivity contribution in [3.8, 4) is 33.6 Å². The summed E-state index contributed by atoms with van der Waals surface area (Å²) in [7, 11) is 2.83. The summed E-state index contributed by atoms with van der Waals surface area (Å²) in [5, 5.41) is 3.05. The van der Waals surface area contributed by atoms with E-state index < -0.39 is 18.2 Å². The van der Waals surface area contributed by atoms with Gasteiger partial charge < -0.3 is 34.6 Å². The molecule has 296 valence electrons. The van der Waals surface area contributed by atoms with E-state index in [4.69, 9.17) is 31.0 Å². The maximum atomic E-state index is 14.0. The second-order valence-corrected chi connectivity index (χ2v) is 14.9. The van der Waals surface area contributed by atoms with E-state index in [0.717, 1.165) is 70.7 Å². The minimum Gasteiger partial charge on any atom is -0.453 e. The number of nitrogens with zero attached hydrogens (tertiary/aromatic N) is 4. The number of hydrogen-bond donors (Lipinski definition) is 3. The number of benzene rings is 4. The topological polar surface area (TPSA) is 146 Å². The van der Waals surface area contributed by atoms with Crippen LogP contribution in [0.3, 0.4) is 0 Å². The number of halogens is 1. The highest BCUT2D eigenvalue weighted by atomic mass is 35.5. The third-order valence-electron chi connectivity index (χ3n) is 11.1. The molecule has 2 aromatic heterocycles. The van der Waals surface area contributed by atoms with Gasteiger partial charge in [-0.1, -0.05) is 109 Å². The molecule has 12 nitrogen and oxygen atoms in total. The molecule has 2 aliphatic heterocycles. The number of methoxy groups -OCH3 is 2. The fourth-order valence-corrected chi connectivity index (χ4v) is 8.35. The van der Waals surface area contributed by atoms with Gasteiger partial charge in [-0.05, 0) is 59.6 Å². The fraction of sp³-hybridized carbons (Fsp3) is 0.267. The maximum absolute atomic E-state index is 14.0. The SMILES string of the molecule is COC(=O)N[C@@H](C(=O)N1CCC[C@H]1c1ncc(-c2ccc(-c3ccc(-c4cnc([C@@H]5CCCN5C(=O)[C@H](OC)c5ccccc5)[nH]4)cc3)cc2)[nH]1)c1ccccc1Cl. The summed E-state index contributed by atoms with van der Waals surface area (Å²) in [6.07, 6.45) is 5.49. The largest absolute Gasteiger partial charge is 0.453 e. The van der Waals surface area contributed by atoms with Crippen molar-refractivity contribution < 1.29 is 23.9 Å². The number of aromatic nitrogens is 4. The van der Waals surface area contributed by atoms with E-state index in [1.807, 2.05) is 53.6 Å². The highest BCUT2D eigenvalue weighted by Gasteiger charge is 2.38. The standard InChI is InChI=1S/C45H44ClN7O5/c1-57-40(32-10-4-3-5-11-32)44(55)53-25-9-15-38(53)42-48-27-36(50-42)31-22-18-29(19-23-31)28-16-20-30(21-17-28)35-26-47-41(49-35)37-14-8-24-52(37)43(54)39(51-45(56)58-2)33-12-6-7-13-34(33)46/h3-7,10-13,16-23,26-27,37-40H,8-9,14-15,24-25H2,1-2H3,(H,47,49)(H,48,50)(H,51,56)/t37-,38-,39+,40+/m0/s1. The lowest BCUT2D eigenvalue weighted by Crippen LogP contribution is -2.43. The summed E-state index contributed by atoms with van der Waals surface area (Å²) >= 11 is 6.46. The summed E-state index contributed by atoms with van der Waals surface area (Å²) in [6.45, 7) is 1.17. The van der Waals surface area contributed by atoms with Gasteiger partial charge in [0.25, 0.3) is 11.8 Å². The van der Waals surface area contributed by atoms with Crippen molar-refractivity contribution in [3.63, 3.8) is 0 Å². The van der Waals surface area contributed by atoms with Crippen molar-refractivity contribution in [1.82, 2.24) is 35.1 Å². The van der Waals surface area contributed by atoms with Crippen LogP contribution in [0.2, 0.25) is 5.02 Å². The van der Waals surface area contributed by atoms with Crippen LogP contribution >= 0.6 is 11.6 Å². The average molecular weight is 798 g/mol. The van der Waals surface area contributed by atoms with Crippen LogP contribution in [-0.2, 0) is 19.1 Å². The minimum atomic E-state index is -1.01. The average Bonchev–Trinajstić information content (AvgIpc) is 4.11. The van der Waals surface area contributed by atoms with Gasteiger partial charge in [-0.25, -0.2) is 14.8 Å². The molecule has 3 N–H and O–H groups in total. The molecule has 2 aliphatic rings. The monoisotopic (exact) mass is 797 g/mol. The zero-order chi connectivity index (χ0) is 40.2. The van der Waals surface area contributed by atoms with Gasteiger partial charge in [-0.3, -0.25) is 9.59 Å². The van der Waals surface area contributed by atoms with E-state index in [1.54, 1.807) is 42.5 Å². The predicted octanol–water partition coefficient (Wildman–Crippen LogP) is 8.60. The number of ether oxygens (including phenoxy) is 2. The Balaban J connectivity index is 0.931. The Bertz CT molecular complexity index is 2380. The maximum Gasteiger partial charge on any atom is 0.407 e. The van der Waals surface area contributed by atoms with Crippen molar-refractivity contribution in [2.45, 2.75) is 49.9 Å². The predicted molar refractivity (Wildman–Crippen MR) is 220 cm³/mol. The van der Waals surface area contributed by atoms with E-state index >= 15 is 0 Å². The minimum absolute atomic E-state index is 0.0559. The lowest BCUT2D eigenvalue weighted by atomic mass is 10.0. The number of rotatable bonds is 11. The third kappa shape index (κ3) is 7.85. The van der Waals surface area contributed by atoms with Gasteiger partial charge in [-0.2, -0.15) is 0 Å². The Kier molecular flexibility index (Phi) is 11.4. The van der Waals surface area contributed by atoms with Crippen LogP contribution in [-0.4, -0.2) is 75.0 Å². The normalized spacial score (nSPS) is 17.6. The molecule has 58 heavy (non-hydrogen) atoms. The first-order valence-corrected chi connectivity index (χ1v) is 19.8. The van der Waals surface area contributed by atoms with Crippen molar-refractivity contribution in [1.29, 1.82) is 0 Å². The van der Waals surface area contributed by atoms with Gasteiger partial charge >= 0.3 is 6.09 Å². The highest BCUT2D eigenvalue weighted by Crippen LogP contribution is 2.37. The van der Waals surface area contributed by atoms with Crippen LogP contribution in [0.4, 0.5) is 4.79 Å². The van der Waals surface area contributed by atoms with Crippen LogP contribution in [0.5, 0.6) is 0 Å². The number of carbonyl (C=O) groups is 3. The van der Waals surface area contributed by atoms with Crippen LogP contribution in [0.25, 0.3) is 33.6 Å². The molecule has 6 aromatic rings. The van der Waals surface area contributed by atoms with E-state index in [-0.39, 0.29) is 23.9 Å². The van der Waals surface area contributed by atoms with Gasteiger partial charge in [0.2, 0.25) is 0 Å². The van der Waals surface area contributed by atoms with E-state index in [2.05, 4.69) is 51.7 Å². The number of aromatic amines is 2. The fourth-order valence-electron chi connectivity index (χ4n) is 8.10. The number of nitrogens with one attached hydrogen (secondary N) is 3. The molecule has 2 saturated heterocycles. The van der Waals surface area contributed by atoms with Crippen LogP contribution < -0.4 is 5.32 Å². The van der Waals surface area contributed by atoms with Crippen molar-refractivity contribution >= 4 is 29.5 Å². The first kappa shape index (κ1) is 38.6. The van der Waals surface area contributed by atoms with Gasteiger partial charge in [-0.15, -0.1) is 0 Å². The van der Waals surface area contributed by atoms with E-state index in [1.165, 1.54) is 7.11 Å². The Morgan fingerprint density at radius 2 is 1.19 bits per heavy atom. The Labute approximate surface area is 341 Å². The van der Waals surface area contributed by atoms with E-state index in [9.17, 15) is 14.4 Å².